The van der Waals surface area contributed by atoms with Gasteiger partial charge in [0, 0.05) is 44.8 Å². The highest BCUT2D eigenvalue weighted by Crippen LogP contribution is 2.29. The zero-order valence-electron chi connectivity index (χ0n) is 16.0. The third-order valence-electron chi connectivity index (χ3n) is 5.67. The van der Waals surface area contributed by atoms with Crippen LogP contribution in [0.2, 0.25) is 0 Å². The topological polar surface area (TPSA) is 43.9 Å². The predicted octanol–water partition coefficient (Wildman–Crippen LogP) is 2.84. The van der Waals surface area contributed by atoms with Gasteiger partial charge in [-0.3, -0.25) is 9.59 Å². The number of carbonyl (C=O) groups is 2. The molecular formula is C22H24FN3O2. The number of carbonyl (C=O) groups excluding carboxylic acids is 2. The average Bonchev–Trinajstić information content (AvgIpc) is 3.10. The summed E-state index contributed by atoms with van der Waals surface area (Å²) in [6, 6.07) is 14.5. The van der Waals surface area contributed by atoms with Crippen molar-refractivity contribution in [1.82, 2.24) is 4.90 Å². The molecule has 28 heavy (non-hydrogen) atoms. The Balaban J connectivity index is 1.39. The van der Waals surface area contributed by atoms with E-state index in [2.05, 4.69) is 24.0 Å². The summed E-state index contributed by atoms with van der Waals surface area (Å²) >= 11 is 0. The summed E-state index contributed by atoms with van der Waals surface area (Å²) in [5.74, 6) is -1.04. The lowest BCUT2D eigenvalue weighted by atomic mass is 10.1. The fraction of sp³-hybridized carbons (Fsp3) is 0.364. The van der Waals surface area contributed by atoms with Gasteiger partial charge in [0.05, 0.1) is 11.6 Å². The number of halogens is 1. The second-order valence-electron chi connectivity index (χ2n) is 7.46. The van der Waals surface area contributed by atoms with Crippen LogP contribution >= 0.6 is 0 Å². The van der Waals surface area contributed by atoms with Gasteiger partial charge in [-0.2, -0.15) is 0 Å². The lowest BCUT2D eigenvalue weighted by Crippen LogP contribution is -2.50. The van der Waals surface area contributed by atoms with Crippen LogP contribution in [0, 0.1) is 18.7 Å². The molecule has 4 rings (SSSR count). The summed E-state index contributed by atoms with van der Waals surface area (Å²) in [6.07, 6.45) is 0.144. The molecule has 2 saturated heterocycles. The van der Waals surface area contributed by atoms with Gasteiger partial charge in [-0.25, -0.2) is 4.39 Å². The standard InChI is InChI=1S/C22H24FN3O2/c1-16-6-2-4-8-19(16)24-10-12-25(13-11-24)22(28)17-14-21(27)26(15-17)20-9-5-3-7-18(20)23/h2-9,17H,10-15H2,1H3/t17-/m0/s1. The molecular weight excluding hydrogens is 357 g/mol. The summed E-state index contributed by atoms with van der Waals surface area (Å²) in [5.41, 5.74) is 2.69. The van der Waals surface area contributed by atoms with Gasteiger partial charge in [0.25, 0.3) is 0 Å². The first kappa shape index (κ1) is 18.5. The zero-order valence-corrected chi connectivity index (χ0v) is 16.0. The maximum Gasteiger partial charge on any atom is 0.228 e. The largest absolute Gasteiger partial charge is 0.368 e. The Kier molecular flexibility index (Phi) is 5.03. The third kappa shape index (κ3) is 3.46. The Morgan fingerprint density at radius 3 is 2.29 bits per heavy atom. The Labute approximate surface area is 164 Å². The molecule has 0 aliphatic carbocycles. The number of hydrogen-bond donors (Lipinski definition) is 0. The van der Waals surface area contributed by atoms with E-state index in [1.165, 1.54) is 22.2 Å². The van der Waals surface area contributed by atoms with Crippen molar-refractivity contribution in [3.63, 3.8) is 0 Å². The van der Waals surface area contributed by atoms with E-state index in [0.29, 0.717) is 13.1 Å². The van der Waals surface area contributed by atoms with Crippen molar-refractivity contribution in [3.05, 3.63) is 59.9 Å². The Morgan fingerprint density at radius 2 is 1.61 bits per heavy atom. The van der Waals surface area contributed by atoms with Gasteiger partial charge in [0.2, 0.25) is 11.8 Å². The highest BCUT2D eigenvalue weighted by Gasteiger charge is 2.38. The molecule has 0 radical (unpaired) electrons. The Hall–Kier alpha value is -2.89. The van der Waals surface area contributed by atoms with Crippen molar-refractivity contribution in [3.8, 4) is 0 Å². The van der Waals surface area contributed by atoms with Gasteiger partial charge in [-0.1, -0.05) is 30.3 Å². The number of nitrogens with zero attached hydrogens (tertiary/aromatic N) is 3. The molecule has 0 bridgehead atoms. The molecule has 2 aromatic rings. The molecule has 2 heterocycles. The van der Waals surface area contributed by atoms with Crippen molar-refractivity contribution < 1.29 is 14.0 Å². The van der Waals surface area contributed by atoms with Crippen LogP contribution in [-0.2, 0) is 9.59 Å². The number of hydrogen-bond acceptors (Lipinski definition) is 3. The first-order chi connectivity index (χ1) is 13.5. The number of amides is 2. The minimum atomic E-state index is -0.434. The van der Waals surface area contributed by atoms with E-state index in [9.17, 15) is 14.0 Å². The van der Waals surface area contributed by atoms with Gasteiger partial charge < -0.3 is 14.7 Å². The molecule has 0 N–H and O–H groups in total. The first-order valence-corrected chi connectivity index (χ1v) is 9.69. The van der Waals surface area contributed by atoms with Gasteiger partial charge >= 0.3 is 0 Å². The third-order valence-corrected chi connectivity index (χ3v) is 5.67. The molecule has 2 aliphatic heterocycles. The second-order valence-corrected chi connectivity index (χ2v) is 7.46. The summed E-state index contributed by atoms with van der Waals surface area (Å²) in [6.45, 7) is 5.16. The van der Waals surface area contributed by atoms with Gasteiger partial charge in [-0.05, 0) is 30.7 Å². The van der Waals surface area contributed by atoms with Gasteiger partial charge in [0.15, 0.2) is 0 Å². The van der Waals surface area contributed by atoms with Crippen molar-refractivity contribution >= 4 is 23.2 Å². The van der Waals surface area contributed by atoms with Crippen LogP contribution in [0.3, 0.4) is 0 Å². The molecule has 2 amide bonds. The van der Waals surface area contributed by atoms with Crippen molar-refractivity contribution in [1.29, 1.82) is 0 Å². The lowest BCUT2D eigenvalue weighted by molar-refractivity contribution is -0.136. The van der Waals surface area contributed by atoms with Crippen LogP contribution in [0.4, 0.5) is 15.8 Å². The van der Waals surface area contributed by atoms with Crippen molar-refractivity contribution in [2.24, 2.45) is 5.92 Å². The van der Waals surface area contributed by atoms with E-state index < -0.39 is 11.7 Å². The van der Waals surface area contributed by atoms with Crippen LogP contribution in [0.1, 0.15) is 12.0 Å². The monoisotopic (exact) mass is 381 g/mol. The average molecular weight is 381 g/mol. The molecule has 0 unspecified atom stereocenters. The van der Waals surface area contributed by atoms with E-state index in [1.807, 2.05) is 17.0 Å². The highest BCUT2D eigenvalue weighted by molar-refractivity contribution is 6.00. The number of rotatable bonds is 3. The molecule has 2 aliphatic rings. The number of anilines is 2. The van der Waals surface area contributed by atoms with Crippen molar-refractivity contribution in [2.45, 2.75) is 13.3 Å². The first-order valence-electron chi connectivity index (χ1n) is 9.69. The molecule has 0 aromatic heterocycles. The van der Waals surface area contributed by atoms with E-state index in [1.54, 1.807) is 18.2 Å². The number of piperazine rings is 1. The Bertz CT molecular complexity index is 893. The molecule has 2 aromatic carbocycles. The maximum absolute atomic E-state index is 14.0. The van der Waals surface area contributed by atoms with Crippen LogP contribution in [0.5, 0.6) is 0 Å². The molecule has 5 nitrogen and oxygen atoms in total. The number of para-hydroxylation sites is 2. The van der Waals surface area contributed by atoms with E-state index in [0.717, 1.165) is 13.1 Å². The Morgan fingerprint density at radius 1 is 0.964 bits per heavy atom. The second kappa shape index (κ2) is 7.62. The van der Waals surface area contributed by atoms with E-state index >= 15 is 0 Å². The molecule has 1 atom stereocenters. The van der Waals surface area contributed by atoms with Crippen LogP contribution in [-0.4, -0.2) is 49.4 Å². The van der Waals surface area contributed by atoms with Crippen LogP contribution < -0.4 is 9.80 Å². The molecule has 146 valence electrons. The van der Waals surface area contributed by atoms with Crippen LogP contribution in [0.15, 0.2) is 48.5 Å². The molecule has 6 heteroatoms. The normalized spacial score (nSPS) is 20.0. The number of benzene rings is 2. The SMILES string of the molecule is Cc1ccccc1N1CCN(C(=O)[C@H]2CC(=O)N(c3ccccc3F)C2)CC1. The molecule has 0 spiro atoms. The van der Waals surface area contributed by atoms with Crippen LogP contribution in [0.25, 0.3) is 0 Å². The van der Waals surface area contributed by atoms with Crippen molar-refractivity contribution in [2.75, 3.05) is 42.5 Å². The smallest absolute Gasteiger partial charge is 0.228 e. The fourth-order valence-electron chi connectivity index (χ4n) is 4.12. The lowest BCUT2D eigenvalue weighted by Gasteiger charge is -2.37. The van der Waals surface area contributed by atoms with Gasteiger partial charge in [-0.15, -0.1) is 0 Å². The summed E-state index contributed by atoms with van der Waals surface area (Å²) in [4.78, 5) is 30.9. The van der Waals surface area contributed by atoms with E-state index in [4.69, 9.17) is 0 Å². The maximum atomic E-state index is 14.0. The summed E-state index contributed by atoms with van der Waals surface area (Å²) in [5, 5.41) is 0. The summed E-state index contributed by atoms with van der Waals surface area (Å²) in [7, 11) is 0. The van der Waals surface area contributed by atoms with Gasteiger partial charge in [0.1, 0.15) is 5.82 Å². The summed E-state index contributed by atoms with van der Waals surface area (Å²) < 4.78 is 14.0. The predicted molar refractivity (Wildman–Crippen MR) is 107 cm³/mol. The zero-order chi connectivity index (χ0) is 19.7. The number of aryl methyl sites for hydroxylation is 1. The molecule has 2 fully saturated rings. The minimum absolute atomic E-state index is 0.00313. The molecule has 0 saturated carbocycles. The fourth-order valence-corrected chi connectivity index (χ4v) is 4.12. The highest BCUT2D eigenvalue weighted by atomic mass is 19.1. The van der Waals surface area contributed by atoms with E-state index in [-0.39, 0.29) is 30.5 Å². The minimum Gasteiger partial charge on any atom is -0.368 e. The quantitative estimate of drug-likeness (QED) is 0.821.